The van der Waals surface area contributed by atoms with Crippen LogP contribution in [0.25, 0.3) is 0 Å². The Hall–Kier alpha value is -0.380. The Labute approximate surface area is 65.2 Å². The molecule has 1 aliphatic heterocycles. The van der Waals surface area contributed by atoms with Gasteiger partial charge in [0.05, 0.1) is 0 Å². The highest BCUT2D eigenvalue weighted by Crippen LogP contribution is 1.91. The number of hydrazine groups is 1. The van der Waals surface area contributed by atoms with Crippen LogP contribution in [-0.2, 0) is 0 Å². The van der Waals surface area contributed by atoms with Crippen LogP contribution in [0.1, 0.15) is 6.42 Å². The van der Waals surface area contributed by atoms with E-state index < -0.39 is 0 Å². The molecule has 0 atom stereocenters. The molecule has 0 aliphatic carbocycles. The molecule has 0 saturated carbocycles. The summed E-state index contributed by atoms with van der Waals surface area (Å²) in [6, 6.07) is 4.04. The molecule has 2 heterocycles. The van der Waals surface area contributed by atoms with Crippen LogP contribution < -0.4 is 10.9 Å². The van der Waals surface area contributed by atoms with Gasteiger partial charge in [0.15, 0.2) is 0 Å². The van der Waals surface area contributed by atoms with Crippen molar-refractivity contribution in [1.29, 1.82) is 0 Å². The number of thiophene rings is 1. The fraction of sp³-hybridized carbons (Fsp3) is 0.429. The Bertz CT molecular complexity index is 110. The van der Waals surface area contributed by atoms with Crippen LogP contribution >= 0.6 is 11.3 Å². The van der Waals surface area contributed by atoms with Gasteiger partial charge in [0.25, 0.3) is 0 Å². The Morgan fingerprint density at radius 2 is 1.60 bits per heavy atom. The van der Waals surface area contributed by atoms with Crippen LogP contribution in [0.5, 0.6) is 0 Å². The van der Waals surface area contributed by atoms with Crippen LogP contribution in [0, 0.1) is 0 Å². The molecule has 1 aromatic rings. The maximum absolute atomic E-state index is 2.97. The third-order valence-corrected chi connectivity index (χ3v) is 1.78. The lowest BCUT2D eigenvalue weighted by atomic mass is 10.5. The smallest absolute Gasteiger partial charge is 0.0112 e. The first-order valence-electron chi connectivity index (χ1n) is 3.43. The van der Waals surface area contributed by atoms with Gasteiger partial charge in [-0.15, -0.1) is 0 Å². The van der Waals surface area contributed by atoms with Crippen molar-refractivity contribution < 1.29 is 0 Å². The minimum absolute atomic E-state index is 1.14. The molecule has 0 bridgehead atoms. The lowest BCUT2D eigenvalue weighted by molar-refractivity contribution is 0.689. The predicted molar refractivity (Wildman–Crippen MR) is 44.9 cm³/mol. The molecule has 0 amide bonds. The SMILES string of the molecule is C1CNNC1.c1ccsc1. The Morgan fingerprint density at radius 3 is 1.80 bits per heavy atom. The highest BCUT2D eigenvalue weighted by Gasteiger charge is 1.91. The van der Waals surface area contributed by atoms with E-state index >= 15 is 0 Å². The van der Waals surface area contributed by atoms with E-state index in [2.05, 4.69) is 10.9 Å². The highest BCUT2D eigenvalue weighted by molar-refractivity contribution is 7.07. The van der Waals surface area contributed by atoms with Gasteiger partial charge >= 0.3 is 0 Å². The molecule has 1 saturated heterocycles. The van der Waals surface area contributed by atoms with Crippen molar-refractivity contribution in [3.63, 3.8) is 0 Å². The van der Waals surface area contributed by atoms with Gasteiger partial charge in [-0.1, -0.05) is 12.1 Å². The van der Waals surface area contributed by atoms with Crippen molar-refractivity contribution in [2.24, 2.45) is 0 Å². The molecule has 0 aromatic carbocycles. The van der Waals surface area contributed by atoms with Gasteiger partial charge in [-0.3, -0.25) is 10.9 Å². The largest absolute Gasteiger partial charge is 0.258 e. The van der Waals surface area contributed by atoms with E-state index in [9.17, 15) is 0 Å². The number of rotatable bonds is 0. The lowest BCUT2D eigenvalue weighted by Gasteiger charge is -1.81. The number of hydrogen-bond acceptors (Lipinski definition) is 3. The fourth-order valence-electron chi connectivity index (χ4n) is 0.669. The summed E-state index contributed by atoms with van der Waals surface area (Å²) in [5.74, 6) is 0. The average Bonchev–Trinajstić information content (AvgIpc) is 2.67. The fourth-order valence-corrected chi connectivity index (χ4v) is 1.12. The molecule has 56 valence electrons. The molecule has 10 heavy (non-hydrogen) atoms. The number of nitrogens with one attached hydrogen (secondary N) is 2. The van der Waals surface area contributed by atoms with Gasteiger partial charge in [0.1, 0.15) is 0 Å². The standard InChI is InChI=1S/C4H4S.C3H8N2/c2*1-2-4-5-3-1/h1-4H;4-5H,1-3H2. The average molecular weight is 156 g/mol. The van der Waals surface area contributed by atoms with E-state index in [1.165, 1.54) is 6.42 Å². The lowest BCUT2D eigenvalue weighted by Crippen LogP contribution is -2.21. The molecule has 2 N–H and O–H groups in total. The van der Waals surface area contributed by atoms with E-state index in [0.29, 0.717) is 0 Å². The van der Waals surface area contributed by atoms with Gasteiger partial charge in [0, 0.05) is 13.1 Å². The Morgan fingerprint density at radius 1 is 1.00 bits per heavy atom. The van der Waals surface area contributed by atoms with Crippen molar-refractivity contribution in [3.05, 3.63) is 22.9 Å². The molecule has 2 nitrogen and oxygen atoms in total. The molecular formula is C7H12N2S. The van der Waals surface area contributed by atoms with Gasteiger partial charge in [0.2, 0.25) is 0 Å². The monoisotopic (exact) mass is 156 g/mol. The highest BCUT2D eigenvalue weighted by atomic mass is 32.1. The van der Waals surface area contributed by atoms with E-state index in [1.807, 2.05) is 22.9 Å². The molecule has 0 unspecified atom stereocenters. The summed E-state index contributed by atoms with van der Waals surface area (Å²) in [5.41, 5.74) is 5.94. The van der Waals surface area contributed by atoms with Crippen molar-refractivity contribution in [2.75, 3.05) is 13.1 Å². The summed E-state index contributed by atoms with van der Waals surface area (Å²) in [4.78, 5) is 0. The second-order valence-electron chi connectivity index (χ2n) is 2.00. The van der Waals surface area contributed by atoms with Crippen molar-refractivity contribution >= 4 is 11.3 Å². The van der Waals surface area contributed by atoms with Crippen LogP contribution in [0.15, 0.2) is 22.9 Å². The minimum Gasteiger partial charge on any atom is -0.258 e. The summed E-state index contributed by atoms with van der Waals surface area (Å²) < 4.78 is 0. The topological polar surface area (TPSA) is 24.1 Å². The first-order valence-corrected chi connectivity index (χ1v) is 4.37. The zero-order valence-electron chi connectivity index (χ0n) is 5.84. The maximum Gasteiger partial charge on any atom is 0.0112 e. The predicted octanol–water partition coefficient (Wildman–Crippen LogP) is 1.23. The van der Waals surface area contributed by atoms with Crippen LogP contribution in [0.2, 0.25) is 0 Å². The molecule has 0 spiro atoms. The minimum atomic E-state index is 1.14. The second-order valence-corrected chi connectivity index (χ2v) is 2.82. The quantitative estimate of drug-likeness (QED) is 0.590. The van der Waals surface area contributed by atoms with Gasteiger partial charge in [-0.25, -0.2) is 0 Å². The molecule has 1 fully saturated rings. The van der Waals surface area contributed by atoms with Crippen molar-refractivity contribution in [3.8, 4) is 0 Å². The van der Waals surface area contributed by atoms with E-state index in [-0.39, 0.29) is 0 Å². The normalized spacial score (nSPS) is 16.0. The van der Waals surface area contributed by atoms with Crippen LogP contribution in [0.4, 0.5) is 0 Å². The molecule has 0 radical (unpaired) electrons. The molecule has 2 rings (SSSR count). The van der Waals surface area contributed by atoms with E-state index in [0.717, 1.165) is 13.1 Å². The number of hydrogen-bond donors (Lipinski definition) is 2. The summed E-state index contributed by atoms with van der Waals surface area (Å²) >= 11 is 1.71. The van der Waals surface area contributed by atoms with E-state index in [4.69, 9.17) is 0 Å². The third kappa shape index (κ3) is 3.61. The molecular weight excluding hydrogens is 144 g/mol. The van der Waals surface area contributed by atoms with Gasteiger partial charge < -0.3 is 0 Å². The van der Waals surface area contributed by atoms with Gasteiger partial charge in [-0.05, 0) is 17.2 Å². The molecule has 1 aromatic heterocycles. The third-order valence-electron chi connectivity index (χ3n) is 1.15. The first kappa shape index (κ1) is 7.72. The summed E-state index contributed by atoms with van der Waals surface area (Å²) in [7, 11) is 0. The Balaban J connectivity index is 0.0000001000. The maximum atomic E-state index is 2.97. The molecule has 1 aliphatic rings. The van der Waals surface area contributed by atoms with Crippen LogP contribution in [0.3, 0.4) is 0 Å². The summed E-state index contributed by atoms with van der Waals surface area (Å²) in [6.07, 6.45) is 1.28. The Kier molecular flexibility index (Phi) is 4.18. The second kappa shape index (κ2) is 5.41. The zero-order valence-corrected chi connectivity index (χ0v) is 6.66. The summed E-state index contributed by atoms with van der Waals surface area (Å²) in [6.45, 7) is 2.28. The van der Waals surface area contributed by atoms with Crippen molar-refractivity contribution in [1.82, 2.24) is 10.9 Å². The van der Waals surface area contributed by atoms with Crippen LogP contribution in [-0.4, -0.2) is 13.1 Å². The van der Waals surface area contributed by atoms with Crippen molar-refractivity contribution in [2.45, 2.75) is 6.42 Å². The zero-order chi connectivity index (χ0) is 7.07. The molecule has 3 heteroatoms. The van der Waals surface area contributed by atoms with Gasteiger partial charge in [-0.2, -0.15) is 11.3 Å². The van der Waals surface area contributed by atoms with E-state index in [1.54, 1.807) is 11.3 Å². The first-order chi connectivity index (χ1) is 5.00. The summed E-state index contributed by atoms with van der Waals surface area (Å²) in [5, 5.41) is 4.08.